The number of hydrogen-bond donors (Lipinski definition) is 1. The van der Waals surface area contributed by atoms with Crippen LogP contribution in [0.4, 0.5) is 5.88 Å². The fourth-order valence-corrected chi connectivity index (χ4v) is 2.42. The third-order valence-electron chi connectivity index (χ3n) is 3.50. The van der Waals surface area contributed by atoms with Crippen molar-refractivity contribution in [1.29, 1.82) is 0 Å². The Morgan fingerprint density at radius 2 is 2.37 bits per heavy atom. The Labute approximate surface area is 110 Å². The smallest absolute Gasteiger partial charge is 0.433 e. The summed E-state index contributed by atoms with van der Waals surface area (Å²) in [4.78, 5) is 23.1. The first-order valence-electron chi connectivity index (χ1n) is 6.09. The van der Waals surface area contributed by atoms with E-state index in [1.807, 2.05) is 4.90 Å². The van der Waals surface area contributed by atoms with Crippen LogP contribution in [0.15, 0.2) is 16.5 Å². The number of rotatable bonds is 4. The highest BCUT2D eigenvalue weighted by molar-refractivity contribution is 5.74. The minimum absolute atomic E-state index is 0.284. The molecule has 1 aliphatic rings. The van der Waals surface area contributed by atoms with Gasteiger partial charge in [-0.1, -0.05) is 0 Å². The number of hydrogen-bond acceptors (Lipinski definition) is 5. The molecule has 0 aliphatic carbocycles. The Morgan fingerprint density at radius 3 is 2.95 bits per heavy atom. The Bertz CT molecular complexity index is 498. The maximum Gasteiger partial charge on any atom is 0.433 e. The lowest BCUT2D eigenvalue weighted by molar-refractivity contribution is -0.402. The average molecular weight is 268 g/mol. The van der Waals surface area contributed by atoms with E-state index in [-0.39, 0.29) is 5.88 Å². The second-order valence-corrected chi connectivity index (χ2v) is 5.18. The second-order valence-electron chi connectivity index (χ2n) is 5.18. The SMILES string of the molecule is CC1(C(=O)O)CCCN(Cc2ccc([N+](=O)[O-])o2)C1. The summed E-state index contributed by atoms with van der Waals surface area (Å²) in [6.07, 6.45) is 1.45. The molecule has 0 amide bonds. The largest absolute Gasteiger partial charge is 0.481 e. The van der Waals surface area contributed by atoms with Gasteiger partial charge in [-0.05, 0) is 32.4 Å². The van der Waals surface area contributed by atoms with Crippen LogP contribution < -0.4 is 0 Å². The molecule has 1 N–H and O–H groups in total. The lowest BCUT2D eigenvalue weighted by Gasteiger charge is -2.36. The van der Waals surface area contributed by atoms with E-state index in [1.165, 1.54) is 6.07 Å². The van der Waals surface area contributed by atoms with Crippen molar-refractivity contribution in [2.75, 3.05) is 13.1 Å². The van der Waals surface area contributed by atoms with Crippen molar-refractivity contribution < 1.29 is 19.2 Å². The van der Waals surface area contributed by atoms with Crippen LogP contribution in [0.25, 0.3) is 0 Å². The Kier molecular flexibility index (Phi) is 3.57. The number of nitrogens with zero attached hydrogens (tertiary/aromatic N) is 2. The maximum absolute atomic E-state index is 11.2. The molecule has 0 saturated carbocycles. The van der Waals surface area contributed by atoms with Gasteiger partial charge in [0.05, 0.1) is 18.0 Å². The number of piperidine rings is 1. The first-order valence-corrected chi connectivity index (χ1v) is 6.09. The van der Waals surface area contributed by atoms with Crippen molar-refractivity contribution in [3.8, 4) is 0 Å². The summed E-state index contributed by atoms with van der Waals surface area (Å²) < 4.78 is 5.09. The molecule has 1 aromatic rings. The molecule has 1 atom stereocenters. The number of aliphatic carboxylic acids is 1. The fraction of sp³-hybridized carbons (Fsp3) is 0.583. The van der Waals surface area contributed by atoms with Crippen molar-refractivity contribution in [2.45, 2.75) is 26.3 Å². The van der Waals surface area contributed by atoms with Crippen LogP contribution >= 0.6 is 0 Å². The van der Waals surface area contributed by atoms with E-state index >= 15 is 0 Å². The molecule has 2 heterocycles. The predicted octanol–water partition coefficient (Wildman–Crippen LogP) is 1.87. The molecule has 104 valence electrons. The van der Waals surface area contributed by atoms with Gasteiger partial charge in [-0.2, -0.15) is 0 Å². The van der Waals surface area contributed by atoms with E-state index in [0.717, 1.165) is 13.0 Å². The molecule has 1 saturated heterocycles. The van der Waals surface area contributed by atoms with Crippen LogP contribution in [0, 0.1) is 15.5 Å². The van der Waals surface area contributed by atoms with E-state index in [9.17, 15) is 20.0 Å². The van der Waals surface area contributed by atoms with E-state index in [1.54, 1.807) is 13.0 Å². The molecule has 1 fully saturated rings. The highest BCUT2D eigenvalue weighted by Crippen LogP contribution is 2.30. The van der Waals surface area contributed by atoms with Crippen LogP contribution in [0.3, 0.4) is 0 Å². The van der Waals surface area contributed by atoms with Crippen LogP contribution in [0.2, 0.25) is 0 Å². The van der Waals surface area contributed by atoms with Gasteiger partial charge in [0.2, 0.25) is 0 Å². The maximum atomic E-state index is 11.2. The number of carboxylic acids is 1. The lowest BCUT2D eigenvalue weighted by Crippen LogP contribution is -2.45. The monoisotopic (exact) mass is 268 g/mol. The third kappa shape index (κ3) is 2.93. The van der Waals surface area contributed by atoms with Crippen LogP contribution in [0.1, 0.15) is 25.5 Å². The van der Waals surface area contributed by atoms with Gasteiger partial charge >= 0.3 is 11.9 Å². The predicted molar refractivity (Wildman–Crippen MR) is 65.6 cm³/mol. The topological polar surface area (TPSA) is 96.8 Å². The molecular formula is C12H16N2O5. The summed E-state index contributed by atoms with van der Waals surface area (Å²) in [5.41, 5.74) is -0.753. The molecule has 2 rings (SSSR count). The highest BCUT2D eigenvalue weighted by atomic mass is 16.6. The van der Waals surface area contributed by atoms with E-state index in [0.29, 0.717) is 25.3 Å². The molecular weight excluding hydrogens is 252 g/mol. The van der Waals surface area contributed by atoms with Crippen molar-refractivity contribution in [2.24, 2.45) is 5.41 Å². The summed E-state index contributed by atoms with van der Waals surface area (Å²) in [6, 6.07) is 2.88. The fourth-order valence-electron chi connectivity index (χ4n) is 2.42. The van der Waals surface area contributed by atoms with Gasteiger partial charge in [0.25, 0.3) is 0 Å². The van der Waals surface area contributed by atoms with Gasteiger partial charge in [-0.15, -0.1) is 0 Å². The number of likely N-dealkylation sites (tertiary alicyclic amines) is 1. The molecule has 0 aromatic carbocycles. The third-order valence-corrected chi connectivity index (χ3v) is 3.50. The van der Waals surface area contributed by atoms with E-state index < -0.39 is 16.3 Å². The zero-order chi connectivity index (χ0) is 14.0. The van der Waals surface area contributed by atoms with Gasteiger partial charge in [0.1, 0.15) is 10.7 Å². The van der Waals surface area contributed by atoms with Crippen molar-refractivity contribution in [3.05, 3.63) is 28.0 Å². The molecule has 1 unspecified atom stereocenters. The normalized spacial score (nSPS) is 24.3. The van der Waals surface area contributed by atoms with Gasteiger partial charge in [-0.3, -0.25) is 19.8 Å². The van der Waals surface area contributed by atoms with Crippen molar-refractivity contribution in [3.63, 3.8) is 0 Å². The van der Waals surface area contributed by atoms with Crippen molar-refractivity contribution >= 4 is 11.9 Å². The number of nitro groups is 1. The second kappa shape index (κ2) is 5.00. The molecule has 0 spiro atoms. The number of furan rings is 1. The van der Waals surface area contributed by atoms with Crippen LogP contribution in [-0.4, -0.2) is 34.0 Å². The molecule has 1 aromatic heterocycles. The molecule has 0 radical (unpaired) electrons. The van der Waals surface area contributed by atoms with Crippen LogP contribution in [-0.2, 0) is 11.3 Å². The standard InChI is InChI=1S/C12H16N2O5/c1-12(11(15)16)5-2-6-13(8-12)7-9-3-4-10(19-9)14(17)18/h3-4H,2,5-8H2,1H3,(H,15,16). The molecule has 1 aliphatic heterocycles. The Hall–Kier alpha value is -1.89. The summed E-state index contributed by atoms with van der Waals surface area (Å²) in [5, 5.41) is 19.7. The van der Waals surface area contributed by atoms with Gasteiger partial charge in [0, 0.05) is 6.54 Å². The van der Waals surface area contributed by atoms with Gasteiger partial charge in [0.15, 0.2) is 0 Å². The summed E-state index contributed by atoms with van der Waals surface area (Å²) in [5.74, 6) is -0.600. The number of carboxylic acid groups (broad SMARTS) is 1. The summed E-state index contributed by atoms with van der Waals surface area (Å²) in [7, 11) is 0. The van der Waals surface area contributed by atoms with Crippen molar-refractivity contribution in [1.82, 2.24) is 4.90 Å². The van der Waals surface area contributed by atoms with Gasteiger partial charge < -0.3 is 9.52 Å². The molecule has 7 nitrogen and oxygen atoms in total. The minimum atomic E-state index is -0.803. The zero-order valence-corrected chi connectivity index (χ0v) is 10.7. The Balaban J connectivity index is 2.02. The van der Waals surface area contributed by atoms with E-state index in [2.05, 4.69) is 0 Å². The van der Waals surface area contributed by atoms with E-state index in [4.69, 9.17) is 4.42 Å². The summed E-state index contributed by atoms with van der Waals surface area (Å²) in [6.45, 7) is 3.33. The summed E-state index contributed by atoms with van der Waals surface area (Å²) >= 11 is 0. The average Bonchev–Trinajstić information content (AvgIpc) is 2.77. The highest BCUT2D eigenvalue weighted by Gasteiger charge is 2.37. The van der Waals surface area contributed by atoms with Gasteiger partial charge in [-0.25, -0.2) is 0 Å². The first kappa shape index (κ1) is 13.5. The molecule has 7 heteroatoms. The first-order chi connectivity index (χ1) is 8.90. The quantitative estimate of drug-likeness (QED) is 0.661. The minimum Gasteiger partial charge on any atom is -0.481 e. The zero-order valence-electron chi connectivity index (χ0n) is 10.7. The Morgan fingerprint density at radius 1 is 1.63 bits per heavy atom. The molecule has 19 heavy (non-hydrogen) atoms. The lowest BCUT2D eigenvalue weighted by atomic mass is 9.82. The molecule has 0 bridgehead atoms. The van der Waals surface area contributed by atoms with Crippen LogP contribution in [0.5, 0.6) is 0 Å². The number of carbonyl (C=O) groups is 1.